The molecule has 0 bridgehead atoms. The number of benzene rings is 1. The van der Waals surface area contributed by atoms with E-state index in [-0.39, 0.29) is 28.7 Å². The van der Waals surface area contributed by atoms with Crippen LogP contribution in [0.3, 0.4) is 0 Å². The van der Waals surface area contributed by atoms with Crippen molar-refractivity contribution < 1.29 is 22.4 Å². The lowest BCUT2D eigenvalue weighted by molar-refractivity contribution is -0.138. The smallest absolute Gasteiger partial charge is 0.355 e. The quantitative estimate of drug-likeness (QED) is 0.575. The molecule has 1 unspecified atom stereocenters. The van der Waals surface area contributed by atoms with Gasteiger partial charge in [0.05, 0.1) is 16.6 Å². The van der Waals surface area contributed by atoms with Crippen LogP contribution in [-0.4, -0.2) is 35.4 Å². The molecule has 1 aromatic heterocycles. The highest BCUT2D eigenvalue weighted by Crippen LogP contribution is 2.37. The third kappa shape index (κ3) is 4.63. The van der Waals surface area contributed by atoms with Crippen molar-refractivity contribution in [2.75, 3.05) is 24.5 Å². The zero-order valence-corrected chi connectivity index (χ0v) is 17.5. The number of pyridine rings is 1. The van der Waals surface area contributed by atoms with Crippen LogP contribution >= 0.6 is 11.6 Å². The highest BCUT2D eigenvalue weighted by Gasteiger charge is 2.36. The van der Waals surface area contributed by atoms with Gasteiger partial charge >= 0.3 is 6.18 Å². The zero-order chi connectivity index (χ0) is 22.2. The second kappa shape index (κ2) is 8.65. The average Bonchev–Trinajstić information content (AvgIpc) is 3.23. The van der Waals surface area contributed by atoms with Gasteiger partial charge in [0.15, 0.2) is 0 Å². The second-order valence-corrected chi connectivity index (χ2v) is 8.44. The number of amides is 1. The predicted octanol–water partition coefficient (Wildman–Crippen LogP) is 5.47. The molecule has 4 rings (SSSR count). The Morgan fingerprint density at radius 2 is 1.74 bits per heavy atom. The molecule has 0 spiro atoms. The van der Waals surface area contributed by atoms with Crippen LogP contribution in [-0.2, 0) is 11.0 Å². The largest absolute Gasteiger partial charge is 0.417 e. The maximum absolute atomic E-state index is 13.3. The summed E-state index contributed by atoms with van der Waals surface area (Å²) >= 11 is 6.06. The van der Waals surface area contributed by atoms with E-state index >= 15 is 0 Å². The Morgan fingerprint density at radius 1 is 1.06 bits per heavy atom. The fraction of sp³-hybridized carbons (Fsp3) is 0.455. The van der Waals surface area contributed by atoms with Gasteiger partial charge in [0.1, 0.15) is 11.6 Å². The van der Waals surface area contributed by atoms with E-state index in [4.69, 9.17) is 11.6 Å². The first-order valence-corrected chi connectivity index (χ1v) is 10.7. The summed E-state index contributed by atoms with van der Waals surface area (Å²) in [5.41, 5.74) is 0.0533. The molecule has 2 saturated heterocycles. The molecule has 0 aliphatic carbocycles. The van der Waals surface area contributed by atoms with Gasteiger partial charge in [0.25, 0.3) is 0 Å². The lowest BCUT2D eigenvalue weighted by atomic mass is 9.94. The molecule has 4 nitrogen and oxygen atoms in total. The lowest BCUT2D eigenvalue weighted by Crippen LogP contribution is -2.42. The van der Waals surface area contributed by atoms with E-state index in [2.05, 4.69) is 4.98 Å². The molecule has 31 heavy (non-hydrogen) atoms. The van der Waals surface area contributed by atoms with E-state index in [9.17, 15) is 22.4 Å². The van der Waals surface area contributed by atoms with E-state index in [0.29, 0.717) is 38.3 Å². The number of anilines is 1. The van der Waals surface area contributed by atoms with E-state index in [1.807, 2.05) is 9.80 Å². The highest BCUT2D eigenvalue weighted by molar-refractivity contribution is 6.33. The monoisotopic (exact) mass is 455 g/mol. The molecule has 0 saturated carbocycles. The number of hydrogen-bond acceptors (Lipinski definition) is 3. The third-order valence-corrected chi connectivity index (χ3v) is 6.36. The van der Waals surface area contributed by atoms with Crippen LogP contribution in [0.2, 0.25) is 5.02 Å². The van der Waals surface area contributed by atoms with E-state index in [0.717, 1.165) is 30.7 Å². The number of halogens is 5. The Labute approximate surface area is 182 Å². The maximum atomic E-state index is 13.3. The van der Waals surface area contributed by atoms with Crippen LogP contribution < -0.4 is 4.90 Å². The van der Waals surface area contributed by atoms with Crippen molar-refractivity contribution in [1.82, 2.24) is 9.88 Å². The van der Waals surface area contributed by atoms with Crippen molar-refractivity contribution in [3.63, 3.8) is 0 Å². The Morgan fingerprint density at radius 3 is 2.35 bits per heavy atom. The first kappa shape index (κ1) is 21.9. The molecule has 3 heterocycles. The summed E-state index contributed by atoms with van der Waals surface area (Å²) in [5, 5.41) is -0.0458. The SMILES string of the molecule is O=C(C1CCN(c2ncc(C(F)(F)F)cc2Cl)CC1)N1CCCC1c1ccc(F)cc1. The summed E-state index contributed by atoms with van der Waals surface area (Å²) in [6.45, 7) is 1.65. The van der Waals surface area contributed by atoms with Crippen molar-refractivity contribution in [2.24, 2.45) is 5.92 Å². The van der Waals surface area contributed by atoms with Crippen molar-refractivity contribution in [1.29, 1.82) is 0 Å². The minimum Gasteiger partial charge on any atom is -0.355 e. The molecule has 166 valence electrons. The summed E-state index contributed by atoms with van der Waals surface area (Å²) in [4.78, 5) is 20.8. The highest BCUT2D eigenvalue weighted by atomic mass is 35.5. The van der Waals surface area contributed by atoms with Crippen LogP contribution in [0.5, 0.6) is 0 Å². The van der Waals surface area contributed by atoms with Crippen molar-refractivity contribution in [3.05, 3.63) is 58.5 Å². The molecular formula is C22H22ClF4N3O. The van der Waals surface area contributed by atoms with E-state index in [1.165, 1.54) is 12.1 Å². The van der Waals surface area contributed by atoms with Crippen LogP contribution in [0.15, 0.2) is 36.5 Å². The fourth-order valence-electron chi connectivity index (χ4n) is 4.45. The Kier molecular flexibility index (Phi) is 6.10. The molecule has 2 aromatic rings. The van der Waals surface area contributed by atoms with Gasteiger partial charge in [-0.1, -0.05) is 23.7 Å². The first-order valence-electron chi connectivity index (χ1n) is 10.3. The number of rotatable bonds is 3. The molecular weight excluding hydrogens is 434 g/mol. The number of likely N-dealkylation sites (tertiary alicyclic amines) is 1. The van der Waals surface area contributed by atoms with Gasteiger partial charge in [0.2, 0.25) is 5.91 Å². The summed E-state index contributed by atoms with van der Waals surface area (Å²) in [7, 11) is 0. The number of aromatic nitrogens is 1. The third-order valence-electron chi connectivity index (χ3n) is 6.08. The molecule has 9 heteroatoms. The van der Waals surface area contributed by atoms with Gasteiger partial charge in [0, 0.05) is 31.7 Å². The average molecular weight is 456 g/mol. The predicted molar refractivity (Wildman–Crippen MR) is 109 cm³/mol. The van der Waals surface area contributed by atoms with Crippen LogP contribution in [0, 0.1) is 11.7 Å². The van der Waals surface area contributed by atoms with E-state index in [1.54, 1.807) is 12.1 Å². The van der Waals surface area contributed by atoms with Gasteiger partial charge in [-0.15, -0.1) is 0 Å². The number of nitrogens with zero attached hydrogens (tertiary/aromatic N) is 3. The lowest BCUT2D eigenvalue weighted by Gasteiger charge is -2.36. The zero-order valence-electron chi connectivity index (χ0n) is 16.7. The van der Waals surface area contributed by atoms with Crippen LogP contribution in [0.25, 0.3) is 0 Å². The summed E-state index contributed by atoms with van der Waals surface area (Å²) in [5.74, 6) is -0.0723. The minimum atomic E-state index is -4.49. The second-order valence-electron chi connectivity index (χ2n) is 8.03. The Hall–Kier alpha value is -2.35. The molecule has 1 atom stereocenters. The van der Waals surface area contributed by atoms with Crippen molar-refractivity contribution in [3.8, 4) is 0 Å². The standard InChI is InChI=1S/C22H22ClF4N3O/c23-18-12-16(22(25,26)27)13-28-20(18)29-10-7-15(8-11-29)21(31)30-9-1-2-19(30)14-3-5-17(24)6-4-14/h3-6,12-13,15,19H,1-2,7-11H2. The van der Waals surface area contributed by atoms with Crippen molar-refractivity contribution >= 4 is 23.3 Å². The van der Waals surface area contributed by atoms with Crippen LogP contribution in [0.4, 0.5) is 23.4 Å². The van der Waals surface area contributed by atoms with Gasteiger partial charge in [-0.25, -0.2) is 9.37 Å². The molecule has 1 amide bonds. The maximum Gasteiger partial charge on any atom is 0.417 e. The summed E-state index contributed by atoms with van der Waals surface area (Å²) in [6.07, 6.45) is -0.810. The molecule has 2 aliphatic rings. The summed E-state index contributed by atoms with van der Waals surface area (Å²) in [6, 6.07) is 7.13. The number of piperidine rings is 1. The number of carbonyl (C=O) groups is 1. The first-order chi connectivity index (χ1) is 14.7. The molecule has 1 aromatic carbocycles. The number of hydrogen-bond donors (Lipinski definition) is 0. The number of carbonyl (C=O) groups excluding carboxylic acids is 1. The topological polar surface area (TPSA) is 36.4 Å². The minimum absolute atomic E-state index is 0.0443. The normalized spacial score (nSPS) is 20.4. The van der Waals surface area contributed by atoms with Gasteiger partial charge in [-0.05, 0) is 49.4 Å². The molecule has 2 aliphatic heterocycles. The Balaban J connectivity index is 1.40. The molecule has 2 fully saturated rings. The Bertz CT molecular complexity index is 943. The van der Waals surface area contributed by atoms with Crippen LogP contribution in [0.1, 0.15) is 42.9 Å². The van der Waals surface area contributed by atoms with Gasteiger partial charge < -0.3 is 9.80 Å². The van der Waals surface area contributed by atoms with E-state index < -0.39 is 11.7 Å². The summed E-state index contributed by atoms with van der Waals surface area (Å²) < 4.78 is 51.7. The van der Waals surface area contributed by atoms with Crippen molar-refractivity contribution in [2.45, 2.75) is 37.9 Å². The molecule has 0 N–H and O–H groups in total. The molecule has 0 radical (unpaired) electrons. The van der Waals surface area contributed by atoms with Gasteiger partial charge in [-0.3, -0.25) is 4.79 Å². The van der Waals surface area contributed by atoms with Gasteiger partial charge in [-0.2, -0.15) is 13.2 Å². The fourth-order valence-corrected chi connectivity index (χ4v) is 4.74. The number of alkyl halides is 3.